The van der Waals surface area contributed by atoms with Crippen molar-refractivity contribution in [2.24, 2.45) is 0 Å². The Morgan fingerprint density at radius 3 is 2.61 bits per heavy atom. The third-order valence-electron chi connectivity index (χ3n) is 5.26. The van der Waals surface area contributed by atoms with Gasteiger partial charge in [0, 0.05) is 18.3 Å². The van der Waals surface area contributed by atoms with E-state index in [1.807, 2.05) is 17.6 Å². The third kappa shape index (κ3) is 5.23. The van der Waals surface area contributed by atoms with Gasteiger partial charge in [-0.2, -0.15) is 9.97 Å². The summed E-state index contributed by atoms with van der Waals surface area (Å²) in [6.07, 6.45) is 5.85. The largest absolute Gasteiger partial charge is 0.393 e. The summed E-state index contributed by atoms with van der Waals surface area (Å²) in [5.41, 5.74) is 2.47. The van der Waals surface area contributed by atoms with Crippen LogP contribution < -0.4 is 15.4 Å². The minimum Gasteiger partial charge on any atom is -0.393 e. The van der Waals surface area contributed by atoms with E-state index in [1.165, 1.54) is 0 Å². The number of rotatable bonds is 7. The SMILES string of the molecule is CCn1cnc2c(Nc3cccc(NS(C)(=O)=O)c3)nc(NC3CCC(O)CC3)nc21. The van der Waals surface area contributed by atoms with Crippen LogP contribution in [-0.2, 0) is 16.6 Å². The summed E-state index contributed by atoms with van der Waals surface area (Å²) in [5.74, 6) is 1.03. The van der Waals surface area contributed by atoms with Crippen molar-refractivity contribution in [3.8, 4) is 0 Å². The molecule has 2 aromatic heterocycles. The minimum atomic E-state index is -3.38. The summed E-state index contributed by atoms with van der Waals surface area (Å²) >= 11 is 0. The van der Waals surface area contributed by atoms with E-state index in [0.29, 0.717) is 34.3 Å². The molecule has 0 aliphatic heterocycles. The van der Waals surface area contributed by atoms with Crippen LogP contribution in [0.3, 0.4) is 0 Å². The highest BCUT2D eigenvalue weighted by molar-refractivity contribution is 7.92. The Kier molecular flexibility index (Phi) is 5.96. The number of sulfonamides is 1. The predicted molar refractivity (Wildman–Crippen MR) is 121 cm³/mol. The zero-order valence-electron chi connectivity index (χ0n) is 17.5. The molecule has 3 aromatic rings. The van der Waals surface area contributed by atoms with Crippen LogP contribution in [0.4, 0.5) is 23.1 Å². The van der Waals surface area contributed by atoms with Gasteiger partial charge in [0.25, 0.3) is 0 Å². The lowest BCUT2D eigenvalue weighted by Crippen LogP contribution is -2.29. The normalized spacial score (nSPS) is 19.3. The Morgan fingerprint density at radius 2 is 1.90 bits per heavy atom. The van der Waals surface area contributed by atoms with Gasteiger partial charge in [-0.15, -0.1) is 0 Å². The van der Waals surface area contributed by atoms with Crippen LogP contribution in [0.2, 0.25) is 0 Å². The number of imidazole rings is 1. The fourth-order valence-corrected chi connectivity index (χ4v) is 4.30. The van der Waals surface area contributed by atoms with Gasteiger partial charge >= 0.3 is 0 Å². The van der Waals surface area contributed by atoms with Crippen LogP contribution in [0.1, 0.15) is 32.6 Å². The Balaban J connectivity index is 1.65. The molecule has 0 unspecified atom stereocenters. The quantitative estimate of drug-likeness (QED) is 0.436. The first-order valence-corrected chi connectivity index (χ1v) is 12.2. The summed E-state index contributed by atoms with van der Waals surface area (Å²) in [4.78, 5) is 13.8. The smallest absolute Gasteiger partial charge is 0.229 e. The maximum atomic E-state index is 11.5. The van der Waals surface area contributed by atoms with Gasteiger partial charge in [-0.25, -0.2) is 13.4 Å². The van der Waals surface area contributed by atoms with Gasteiger partial charge in [-0.05, 0) is 50.8 Å². The van der Waals surface area contributed by atoms with E-state index in [1.54, 1.807) is 24.5 Å². The molecule has 1 aromatic carbocycles. The molecule has 4 rings (SSSR count). The average Bonchev–Trinajstić information content (AvgIpc) is 3.12. The molecule has 1 saturated carbocycles. The van der Waals surface area contributed by atoms with E-state index in [4.69, 9.17) is 0 Å². The molecule has 0 bridgehead atoms. The lowest BCUT2D eigenvalue weighted by Gasteiger charge is -2.26. The molecule has 10 nitrogen and oxygen atoms in total. The molecular formula is C20H27N7O3S. The number of nitrogens with zero attached hydrogens (tertiary/aromatic N) is 4. The fourth-order valence-electron chi connectivity index (χ4n) is 3.74. The van der Waals surface area contributed by atoms with Crippen LogP contribution in [-0.4, -0.2) is 51.4 Å². The lowest BCUT2D eigenvalue weighted by atomic mass is 9.93. The van der Waals surface area contributed by atoms with E-state index in [9.17, 15) is 13.5 Å². The van der Waals surface area contributed by atoms with Crippen molar-refractivity contribution in [1.82, 2.24) is 19.5 Å². The standard InChI is InChI=1S/C20H27N7O3S/c1-3-27-12-21-17-18(22-14-5-4-6-15(11-14)26-31(2,29)30)24-20(25-19(17)27)23-13-7-9-16(28)10-8-13/h4-6,11-13,16,26,28H,3,7-10H2,1-2H3,(H2,22,23,24,25). The molecule has 31 heavy (non-hydrogen) atoms. The maximum absolute atomic E-state index is 11.5. The second-order valence-electron chi connectivity index (χ2n) is 7.83. The zero-order valence-corrected chi connectivity index (χ0v) is 18.4. The van der Waals surface area contributed by atoms with Crippen molar-refractivity contribution in [1.29, 1.82) is 0 Å². The van der Waals surface area contributed by atoms with Crippen molar-refractivity contribution < 1.29 is 13.5 Å². The van der Waals surface area contributed by atoms with E-state index < -0.39 is 10.0 Å². The van der Waals surface area contributed by atoms with Crippen LogP contribution in [0.15, 0.2) is 30.6 Å². The van der Waals surface area contributed by atoms with E-state index >= 15 is 0 Å². The number of benzene rings is 1. The molecule has 1 fully saturated rings. The van der Waals surface area contributed by atoms with Gasteiger partial charge in [0.05, 0.1) is 24.4 Å². The molecule has 1 aliphatic carbocycles. The molecular weight excluding hydrogens is 418 g/mol. The van der Waals surface area contributed by atoms with Crippen molar-refractivity contribution in [2.75, 3.05) is 21.6 Å². The molecule has 0 amide bonds. The molecule has 4 N–H and O–H groups in total. The third-order valence-corrected chi connectivity index (χ3v) is 5.87. The molecule has 0 radical (unpaired) electrons. The number of anilines is 4. The zero-order chi connectivity index (χ0) is 22.0. The summed E-state index contributed by atoms with van der Waals surface area (Å²) in [6, 6.07) is 7.16. The number of hydrogen-bond acceptors (Lipinski definition) is 8. The highest BCUT2D eigenvalue weighted by atomic mass is 32.2. The van der Waals surface area contributed by atoms with E-state index in [2.05, 4.69) is 30.3 Å². The van der Waals surface area contributed by atoms with E-state index in [0.717, 1.165) is 38.5 Å². The van der Waals surface area contributed by atoms with Crippen molar-refractivity contribution in [3.05, 3.63) is 30.6 Å². The molecule has 0 saturated heterocycles. The highest BCUT2D eigenvalue weighted by Crippen LogP contribution is 2.27. The van der Waals surface area contributed by atoms with Gasteiger partial charge < -0.3 is 20.3 Å². The summed E-state index contributed by atoms with van der Waals surface area (Å²) in [5, 5.41) is 16.4. The van der Waals surface area contributed by atoms with Gasteiger partial charge in [-0.3, -0.25) is 4.72 Å². The average molecular weight is 446 g/mol. The number of hydrogen-bond donors (Lipinski definition) is 4. The summed E-state index contributed by atoms with van der Waals surface area (Å²) in [7, 11) is -3.38. The van der Waals surface area contributed by atoms with Gasteiger partial charge in [0.15, 0.2) is 17.0 Å². The predicted octanol–water partition coefficient (Wildman–Crippen LogP) is 2.68. The van der Waals surface area contributed by atoms with Crippen molar-refractivity contribution in [2.45, 2.75) is 51.3 Å². The van der Waals surface area contributed by atoms with Gasteiger partial charge in [0.2, 0.25) is 16.0 Å². The Labute approximate surface area is 181 Å². The number of nitrogens with one attached hydrogen (secondary N) is 3. The van der Waals surface area contributed by atoms with Gasteiger partial charge in [0.1, 0.15) is 0 Å². The second-order valence-corrected chi connectivity index (χ2v) is 9.58. The lowest BCUT2D eigenvalue weighted by molar-refractivity contribution is 0.126. The van der Waals surface area contributed by atoms with Crippen LogP contribution in [0.25, 0.3) is 11.2 Å². The molecule has 2 heterocycles. The summed E-state index contributed by atoms with van der Waals surface area (Å²) < 4.78 is 27.5. The number of aromatic nitrogens is 4. The number of aliphatic hydroxyl groups is 1. The highest BCUT2D eigenvalue weighted by Gasteiger charge is 2.21. The maximum Gasteiger partial charge on any atom is 0.229 e. The first kappa shape index (κ1) is 21.3. The number of aliphatic hydroxyl groups excluding tert-OH is 1. The molecule has 0 spiro atoms. The van der Waals surface area contributed by atoms with Crippen LogP contribution >= 0.6 is 0 Å². The first-order valence-electron chi connectivity index (χ1n) is 10.3. The molecule has 11 heteroatoms. The Morgan fingerprint density at radius 1 is 1.16 bits per heavy atom. The Bertz CT molecular complexity index is 1170. The van der Waals surface area contributed by atoms with Gasteiger partial charge in [-0.1, -0.05) is 6.07 Å². The van der Waals surface area contributed by atoms with E-state index in [-0.39, 0.29) is 12.1 Å². The topological polar surface area (TPSA) is 134 Å². The van der Waals surface area contributed by atoms with Crippen LogP contribution in [0.5, 0.6) is 0 Å². The first-order chi connectivity index (χ1) is 14.8. The molecule has 1 aliphatic rings. The molecule has 166 valence electrons. The Hall–Kier alpha value is -2.92. The minimum absolute atomic E-state index is 0.203. The second kappa shape index (κ2) is 8.67. The van der Waals surface area contributed by atoms with Crippen molar-refractivity contribution in [3.63, 3.8) is 0 Å². The summed E-state index contributed by atoms with van der Waals surface area (Å²) in [6.45, 7) is 2.74. The molecule has 0 atom stereocenters. The number of fused-ring (bicyclic) bond motifs is 1. The van der Waals surface area contributed by atoms with Crippen molar-refractivity contribution >= 4 is 44.3 Å². The van der Waals surface area contributed by atoms with Crippen LogP contribution in [0, 0.1) is 0 Å². The fraction of sp³-hybridized carbons (Fsp3) is 0.450. The number of aryl methyl sites for hydroxylation is 1. The monoisotopic (exact) mass is 445 g/mol.